The van der Waals surface area contributed by atoms with Crippen LogP contribution in [0.15, 0.2) is 23.3 Å². The number of halogens is 1. The maximum atomic E-state index is 13.4. The number of ether oxygens (including phenoxy) is 2. The maximum Gasteiger partial charge on any atom is 0.255 e. The van der Waals surface area contributed by atoms with Crippen LogP contribution in [0.5, 0.6) is 11.5 Å². The Morgan fingerprint density at radius 3 is 2.33 bits per heavy atom. The lowest BCUT2D eigenvalue weighted by Crippen LogP contribution is -2.46. The van der Waals surface area contributed by atoms with Crippen LogP contribution < -0.4 is 14.8 Å². The predicted molar refractivity (Wildman–Crippen MR) is 109 cm³/mol. The van der Waals surface area contributed by atoms with E-state index >= 15 is 0 Å². The fourth-order valence-electron chi connectivity index (χ4n) is 4.07. The summed E-state index contributed by atoms with van der Waals surface area (Å²) in [5, 5.41) is 9.98. The average molecular weight is 396 g/mol. The van der Waals surface area contributed by atoms with Crippen LogP contribution in [0.25, 0.3) is 0 Å². The topological polar surface area (TPSA) is 63.2 Å². The van der Waals surface area contributed by atoms with Crippen LogP contribution in [0.4, 0.5) is 0 Å². The van der Waals surface area contributed by atoms with Crippen molar-refractivity contribution >= 4 is 24.0 Å². The first kappa shape index (κ1) is 21.5. The first-order chi connectivity index (χ1) is 12.6. The Hall–Kier alpha value is -1.79. The van der Waals surface area contributed by atoms with E-state index in [1.54, 1.807) is 19.2 Å². The number of methoxy groups -OCH3 is 2. The molecule has 0 saturated carbocycles. The van der Waals surface area contributed by atoms with Crippen molar-refractivity contribution in [2.45, 2.75) is 45.6 Å². The summed E-state index contributed by atoms with van der Waals surface area (Å²) in [6.45, 7) is 6.01. The number of carbonyl (C=O) groups is 1. The molecule has 6 nitrogen and oxygen atoms in total. The Bertz CT molecular complexity index is 698. The van der Waals surface area contributed by atoms with Gasteiger partial charge in [-0.1, -0.05) is 13.8 Å². The molecule has 2 aliphatic rings. The maximum absolute atomic E-state index is 13.4. The molecule has 150 valence electrons. The van der Waals surface area contributed by atoms with Gasteiger partial charge in [-0.15, -0.1) is 12.4 Å². The molecule has 1 N–H and O–H groups in total. The van der Waals surface area contributed by atoms with E-state index in [1.165, 1.54) is 0 Å². The van der Waals surface area contributed by atoms with E-state index in [0.717, 1.165) is 50.0 Å². The molecule has 1 aromatic carbocycles. The zero-order valence-electron chi connectivity index (χ0n) is 16.6. The number of carbonyl (C=O) groups excluding carboxylic acids is 1. The zero-order valence-corrected chi connectivity index (χ0v) is 17.4. The highest BCUT2D eigenvalue weighted by atomic mass is 35.5. The lowest BCUT2D eigenvalue weighted by molar-refractivity contribution is -0.139. The zero-order chi connectivity index (χ0) is 18.7. The second kappa shape index (κ2) is 8.93. The quantitative estimate of drug-likeness (QED) is 0.803. The summed E-state index contributed by atoms with van der Waals surface area (Å²) in [4.78, 5) is 13.4. The minimum Gasteiger partial charge on any atom is -0.493 e. The molecule has 3 rings (SSSR count). The lowest BCUT2D eigenvalue weighted by atomic mass is 9.75. The summed E-state index contributed by atoms with van der Waals surface area (Å²) in [6, 6.07) is 5.96. The molecule has 7 heteroatoms. The second-order valence-corrected chi connectivity index (χ2v) is 6.94. The number of rotatable bonds is 6. The molecule has 1 amide bonds. The van der Waals surface area contributed by atoms with Crippen LogP contribution in [0.3, 0.4) is 0 Å². The molecule has 0 bridgehead atoms. The second-order valence-electron chi connectivity index (χ2n) is 6.94. The van der Waals surface area contributed by atoms with Gasteiger partial charge in [0.05, 0.1) is 31.4 Å². The van der Waals surface area contributed by atoms with Gasteiger partial charge in [0.25, 0.3) is 5.91 Å². The monoisotopic (exact) mass is 395 g/mol. The molecule has 0 spiro atoms. The van der Waals surface area contributed by atoms with E-state index < -0.39 is 5.41 Å². The smallest absolute Gasteiger partial charge is 0.255 e. The van der Waals surface area contributed by atoms with Gasteiger partial charge in [-0.2, -0.15) is 5.10 Å². The number of piperidine rings is 1. The first-order valence-corrected chi connectivity index (χ1v) is 9.47. The van der Waals surface area contributed by atoms with Gasteiger partial charge in [0.2, 0.25) is 0 Å². The molecule has 2 aliphatic heterocycles. The molecule has 0 atom stereocenters. The Morgan fingerprint density at radius 2 is 1.78 bits per heavy atom. The Kier molecular flexibility index (Phi) is 7.12. The molecule has 27 heavy (non-hydrogen) atoms. The fourth-order valence-corrected chi connectivity index (χ4v) is 4.07. The third kappa shape index (κ3) is 3.65. The molecular weight excluding hydrogens is 366 g/mol. The highest BCUT2D eigenvalue weighted by Crippen LogP contribution is 2.42. The van der Waals surface area contributed by atoms with Crippen molar-refractivity contribution in [3.63, 3.8) is 0 Å². The van der Waals surface area contributed by atoms with Crippen LogP contribution in [0.2, 0.25) is 0 Å². The van der Waals surface area contributed by atoms with E-state index in [0.29, 0.717) is 11.5 Å². The summed E-state index contributed by atoms with van der Waals surface area (Å²) in [5.41, 5.74) is 1.22. The Morgan fingerprint density at radius 1 is 1.15 bits per heavy atom. The summed E-state index contributed by atoms with van der Waals surface area (Å²) in [5.74, 6) is 1.47. The Balaban J connectivity index is 0.00000261. The number of hydrogen-bond donors (Lipinski definition) is 1. The highest BCUT2D eigenvalue weighted by molar-refractivity contribution is 6.20. The molecule has 2 heterocycles. The highest BCUT2D eigenvalue weighted by Gasteiger charge is 2.50. The molecule has 0 unspecified atom stereocenters. The third-order valence-electron chi connectivity index (χ3n) is 5.80. The fraction of sp³-hybridized carbons (Fsp3) is 0.600. The summed E-state index contributed by atoms with van der Waals surface area (Å²) < 4.78 is 10.8. The van der Waals surface area contributed by atoms with Gasteiger partial charge < -0.3 is 14.8 Å². The average Bonchev–Trinajstić information content (AvgIpc) is 3.00. The van der Waals surface area contributed by atoms with Gasteiger partial charge in [-0.3, -0.25) is 4.79 Å². The molecular formula is C20H30ClN3O3. The lowest BCUT2D eigenvalue weighted by Gasteiger charge is -2.32. The molecule has 0 aromatic heterocycles. The van der Waals surface area contributed by atoms with E-state index in [1.807, 2.05) is 18.2 Å². The standard InChI is InChI=1S/C20H29N3O3.ClH/c1-5-20(6-2)18(14-7-8-16(25-3)17(13-14)26-4)22-23(19(20)24)15-9-11-21-12-10-15;/h7-8,13,15,21H,5-6,9-12H2,1-4H3;1H. The number of nitrogens with one attached hydrogen (secondary N) is 1. The van der Waals surface area contributed by atoms with Crippen LogP contribution in [0.1, 0.15) is 45.1 Å². The van der Waals surface area contributed by atoms with Gasteiger partial charge in [0.1, 0.15) is 0 Å². The minimum absolute atomic E-state index is 0. The summed E-state index contributed by atoms with van der Waals surface area (Å²) in [6.07, 6.45) is 3.35. The van der Waals surface area contributed by atoms with Crippen LogP contribution in [-0.2, 0) is 4.79 Å². The normalized spacial score (nSPS) is 19.5. The molecule has 0 radical (unpaired) electrons. The van der Waals surface area contributed by atoms with Crippen molar-refractivity contribution in [3.05, 3.63) is 23.8 Å². The number of benzene rings is 1. The van der Waals surface area contributed by atoms with Crippen molar-refractivity contribution in [2.24, 2.45) is 10.5 Å². The van der Waals surface area contributed by atoms with E-state index in [-0.39, 0.29) is 24.4 Å². The van der Waals surface area contributed by atoms with Gasteiger partial charge in [0, 0.05) is 5.56 Å². The summed E-state index contributed by atoms with van der Waals surface area (Å²) in [7, 11) is 3.24. The number of hydrogen-bond acceptors (Lipinski definition) is 5. The van der Waals surface area contributed by atoms with Crippen LogP contribution in [0, 0.1) is 5.41 Å². The van der Waals surface area contributed by atoms with E-state index in [4.69, 9.17) is 14.6 Å². The van der Waals surface area contributed by atoms with Crippen molar-refractivity contribution < 1.29 is 14.3 Å². The minimum atomic E-state index is -0.565. The van der Waals surface area contributed by atoms with Crippen LogP contribution >= 0.6 is 12.4 Å². The summed E-state index contributed by atoms with van der Waals surface area (Å²) >= 11 is 0. The van der Waals surface area contributed by atoms with E-state index in [9.17, 15) is 4.79 Å². The SMILES string of the molecule is CCC1(CC)C(=O)N(C2CCNCC2)N=C1c1ccc(OC)c(OC)c1.Cl. The van der Waals surface area contributed by atoms with Crippen molar-refractivity contribution in [3.8, 4) is 11.5 Å². The molecule has 1 aromatic rings. The van der Waals surface area contributed by atoms with Gasteiger partial charge in [-0.05, 0) is 57.0 Å². The van der Waals surface area contributed by atoms with Crippen molar-refractivity contribution in [2.75, 3.05) is 27.3 Å². The van der Waals surface area contributed by atoms with Gasteiger partial charge in [0.15, 0.2) is 11.5 Å². The van der Waals surface area contributed by atoms with Gasteiger partial charge in [-0.25, -0.2) is 5.01 Å². The molecule has 1 saturated heterocycles. The Labute approximate surface area is 167 Å². The number of nitrogens with zero attached hydrogens (tertiary/aromatic N) is 2. The number of amides is 1. The predicted octanol–water partition coefficient (Wildman–Crippen LogP) is 3.23. The number of hydrazone groups is 1. The molecule has 0 aliphatic carbocycles. The van der Waals surface area contributed by atoms with Crippen LogP contribution in [-0.4, -0.2) is 50.0 Å². The van der Waals surface area contributed by atoms with Crippen molar-refractivity contribution in [1.29, 1.82) is 0 Å². The largest absolute Gasteiger partial charge is 0.493 e. The van der Waals surface area contributed by atoms with Gasteiger partial charge >= 0.3 is 0 Å². The van der Waals surface area contributed by atoms with E-state index in [2.05, 4.69) is 19.2 Å². The van der Waals surface area contributed by atoms with Crippen molar-refractivity contribution in [1.82, 2.24) is 10.3 Å². The molecule has 1 fully saturated rings. The first-order valence-electron chi connectivity index (χ1n) is 9.47. The third-order valence-corrected chi connectivity index (χ3v) is 5.80.